The van der Waals surface area contributed by atoms with Crippen LogP contribution in [0.2, 0.25) is 0 Å². The monoisotopic (exact) mass is 358 g/mol. The van der Waals surface area contributed by atoms with Gasteiger partial charge in [-0.15, -0.1) is 0 Å². The van der Waals surface area contributed by atoms with Crippen molar-refractivity contribution in [3.8, 4) is 0 Å². The fourth-order valence-electron chi connectivity index (χ4n) is 1.43. The summed E-state index contributed by atoms with van der Waals surface area (Å²) < 4.78 is 5.24. The highest BCUT2D eigenvalue weighted by atomic mass is 79.9. The Morgan fingerprint density at radius 3 is 2.43 bits per heavy atom. The Hall–Kier alpha value is -1.93. The van der Waals surface area contributed by atoms with Gasteiger partial charge in [0.15, 0.2) is 6.04 Å². The molecule has 3 N–H and O–H groups in total. The molecule has 0 fully saturated rings. The SMILES string of the molecule is COC(=O)[C@H](CO)NC(=O)CNC(=O)c1ccc(Br)cc1. The quantitative estimate of drug-likeness (QED) is 0.612. The number of aliphatic hydroxyl groups is 1. The molecule has 114 valence electrons. The fraction of sp³-hybridized carbons (Fsp3) is 0.308. The number of nitrogens with one attached hydrogen (secondary N) is 2. The van der Waals surface area contributed by atoms with E-state index in [0.29, 0.717) is 5.56 Å². The molecule has 1 atom stereocenters. The Labute approximate surface area is 129 Å². The van der Waals surface area contributed by atoms with Crippen LogP contribution in [0.15, 0.2) is 28.7 Å². The van der Waals surface area contributed by atoms with Gasteiger partial charge in [0.2, 0.25) is 5.91 Å². The zero-order valence-corrected chi connectivity index (χ0v) is 12.8. The van der Waals surface area contributed by atoms with Crippen LogP contribution in [-0.2, 0) is 14.3 Å². The first-order valence-electron chi connectivity index (χ1n) is 5.99. The Balaban J connectivity index is 2.47. The summed E-state index contributed by atoms with van der Waals surface area (Å²) in [6.45, 7) is -0.901. The van der Waals surface area contributed by atoms with E-state index >= 15 is 0 Å². The molecule has 1 rings (SSSR count). The molecular weight excluding hydrogens is 344 g/mol. The van der Waals surface area contributed by atoms with Crippen LogP contribution in [0.4, 0.5) is 0 Å². The molecule has 0 aliphatic carbocycles. The normalized spacial score (nSPS) is 11.4. The summed E-state index contributed by atoms with van der Waals surface area (Å²) in [7, 11) is 1.15. The molecule has 0 saturated carbocycles. The van der Waals surface area contributed by atoms with Gasteiger partial charge in [-0.05, 0) is 24.3 Å². The molecule has 21 heavy (non-hydrogen) atoms. The zero-order chi connectivity index (χ0) is 15.8. The predicted molar refractivity (Wildman–Crippen MR) is 77.5 cm³/mol. The standard InChI is InChI=1S/C13H15BrN2O5/c1-21-13(20)10(7-17)16-11(18)6-15-12(19)8-2-4-9(14)5-3-8/h2-5,10,17H,6-7H2,1H3,(H,15,19)(H,16,18)/t10-/m0/s1. The third-order valence-corrected chi connectivity index (χ3v) is 3.05. The summed E-state index contributed by atoms with van der Waals surface area (Å²) in [5, 5.41) is 13.6. The lowest BCUT2D eigenvalue weighted by atomic mass is 10.2. The van der Waals surface area contributed by atoms with E-state index in [4.69, 9.17) is 5.11 Å². The molecular formula is C13H15BrN2O5. The van der Waals surface area contributed by atoms with E-state index < -0.39 is 30.4 Å². The van der Waals surface area contributed by atoms with Crippen LogP contribution in [0.1, 0.15) is 10.4 Å². The molecule has 2 amide bonds. The van der Waals surface area contributed by atoms with Gasteiger partial charge in [0, 0.05) is 10.0 Å². The van der Waals surface area contributed by atoms with Gasteiger partial charge in [-0.2, -0.15) is 0 Å². The van der Waals surface area contributed by atoms with Crippen molar-refractivity contribution in [2.24, 2.45) is 0 Å². The number of carbonyl (C=O) groups excluding carboxylic acids is 3. The first-order valence-corrected chi connectivity index (χ1v) is 6.79. The Morgan fingerprint density at radius 1 is 1.29 bits per heavy atom. The van der Waals surface area contributed by atoms with E-state index in [1.807, 2.05) is 0 Å². The molecule has 0 aliphatic rings. The van der Waals surface area contributed by atoms with Crippen molar-refractivity contribution < 1.29 is 24.2 Å². The van der Waals surface area contributed by atoms with Crippen LogP contribution in [0.5, 0.6) is 0 Å². The smallest absolute Gasteiger partial charge is 0.330 e. The van der Waals surface area contributed by atoms with Crippen molar-refractivity contribution in [3.63, 3.8) is 0 Å². The molecule has 1 aromatic carbocycles. The minimum Gasteiger partial charge on any atom is -0.467 e. The van der Waals surface area contributed by atoms with Crippen LogP contribution in [0.3, 0.4) is 0 Å². The summed E-state index contributed by atoms with van der Waals surface area (Å²) >= 11 is 3.25. The molecule has 0 unspecified atom stereocenters. The van der Waals surface area contributed by atoms with Crippen molar-refractivity contribution in [2.45, 2.75) is 6.04 Å². The van der Waals surface area contributed by atoms with E-state index in [1.54, 1.807) is 24.3 Å². The van der Waals surface area contributed by atoms with Crippen LogP contribution in [0.25, 0.3) is 0 Å². The number of ether oxygens (including phenoxy) is 1. The molecule has 0 aliphatic heterocycles. The number of benzene rings is 1. The maximum absolute atomic E-state index is 11.8. The average Bonchev–Trinajstić information content (AvgIpc) is 2.50. The first-order chi connectivity index (χ1) is 9.97. The lowest BCUT2D eigenvalue weighted by molar-refractivity contribution is -0.146. The number of methoxy groups -OCH3 is 1. The van der Waals surface area contributed by atoms with Gasteiger partial charge in [-0.25, -0.2) is 4.79 Å². The topological polar surface area (TPSA) is 105 Å². The number of hydrogen-bond acceptors (Lipinski definition) is 5. The third kappa shape index (κ3) is 5.52. The molecule has 7 nitrogen and oxygen atoms in total. The summed E-state index contributed by atoms with van der Waals surface area (Å²) in [5.41, 5.74) is 0.401. The third-order valence-electron chi connectivity index (χ3n) is 2.52. The van der Waals surface area contributed by atoms with Crippen molar-refractivity contribution in [1.29, 1.82) is 0 Å². The second-order valence-electron chi connectivity index (χ2n) is 4.02. The van der Waals surface area contributed by atoms with Crippen molar-refractivity contribution in [3.05, 3.63) is 34.3 Å². The van der Waals surface area contributed by atoms with Gasteiger partial charge in [-0.1, -0.05) is 15.9 Å². The van der Waals surface area contributed by atoms with E-state index in [0.717, 1.165) is 11.6 Å². The highest BCUT2D eigenvalue weighted by Gasteiger charge is 2.20. The lowest BCUT2D eigenvalue weighted by Crippen LogP contribution is -2.47. The maximum atomic E-state index is 11.8. The van der Waals surface area contributed by atoms with Crippen molar-refractivity contribution >= 4 is 33.7 Å². The molecule has 0 radical (unpaired) electrons. The minimum absolute atomic E-state index is 0.317. The van der Waals surface area contributed by atoms with Crippen LogP contribution in [0, 0.1) is 0 Å². The van der Waals surface area contributed by atoms with Gasteiger partial charge in [-0.3, -0.25) is 9.59 Å². The number of esters is 1. The van der Waals surface area contributed by atoms with Gasteiger partial charge in [0.1, 0.15) is 0 Å². The number of carbonyl (C=O) groups is 3. The van der Waals surface area contributed by atoms with Crippen LogP contribution < -0.4 is 10.6 Å². The molecule has 0 heterocycles. The minimum atomic E-state index is -1.15. The maximum Gasteiger partial charge on any atom is 0.330 e. The van der Waals surface area contributed by atoms with Gasteiger partial charge >= 0.3 is 5.97 Å². The van der Waals surface area contributed by atoms with Crippen molar-refractivity contribution in [1.82, 2.24) is 10.6 Å². The Morgan fingerprint density at radius 2 is 1.90 bits per heavy atom. The van der Waals surface area contributed by atoms with E-state index in [-0.39, 0.29) is 6.54 Å². The zero-order valence-electron chi connectivity index (χ0n) is 11.3. The number of hydrogen-bond donors (Lipinski definition) is 3. The van der Waals surface area contributed by atoms with E-state index in [9.17, 15) is 14.4 Å². The van der Waals surface area contributed by atoms with Gasteiger partial charge in [0.05, 0.1) is 20.3 Å². The first kappa shape index (κ1) is 17.1. The summed E-state index contributed by atoms with van der Waals surface area (Å²) in [6, 6.07) is 5.46. The molecule has 0 spiro atoms. The molecule has 0 bridgehead atoms. The Kier molecular flexibility index (Phi) is 6.83. The largest absolute Gasteiger partial charge is 0.467 e. The number of rotatable bonds is 6. The van der Waals surface area contributed by atoms with E-state index in [1.165, 1.54) is 0 Å². The summed E-state index contributed by atoms with van der Waals surface area (Å²) in [4.78, 5) is 34.5. The van der Waals surface area contributed by atoms with Crippen LogP contribution >= 0.6 is 15.9 Å². The molecule has 1 aromatic rings. The second-order valence-corrected chi connectivity index (χ2v) is 4.93. The van der Waals surface area contributed by atoms with Crippen molar-refractivity contribution in [2.75, 3.05) is 20.3 Å². The summed E-state index contributed by atoms with van der Waals surface area (Å²) in [5.74, 6) is -1.79. The van der Waals surface area contributed by atoms with E-state index in [2.05, 4.69) is 31.3 Å². The summed E-state index contributed by atoms with van der Waals surface area (Å²) in [6.07, 6.45) is 0. The van der Waals surface area contributed by atoms with Gasteiger partial charge in [0.25, 0.3) is 5.91 Å². The average molecular weight is 359 g/mol. The van der Waals surface area contributed by atoms with Crippen LogP contribution in [-0.4, -0.2) is 49.2 Å². The number of aliphatic hydroxyl groups excluding tert-OH is 1. The molecule has 0 aromatic heterocycles. The lowest BCUT2D eigenvalue weighted by Gasteiger charge is -2.14. The second kappa shape index (κ2) is 8.38. The van der Waals surface area contributed by atoms with Gasteiger partial charge < -0.3 is 20.5 Å². The molecule has 8 heteroatoms. The predicted octanol–water partition coefficient (Wildman–Crippen LogP) is -0.171. The number of amides is 2. The highest BCUT2D eigenvalue weighted by Crippen LogP contribution is 2.10. The molecule has 0 saturated heterocycles. The number of halogens is 1. The highest BCUT2D eigenvalue weighted by molar-refractivity contribution is 9.10. The fourth-order valence-corrected chi connectivity index (χ4v) is 1.69. The Bertz CT molecular complexity index is 518.